The third kappa shape index (κ3) is 4.97. The maximum atomic E-state index is 12.3. The lowest BCUT2D eigenvalue weighted by atomic mass is 9.98. The second-order valence-corrected chi connectivity index (χ2v) is 6.97. The highest BCUT2D eigenvalue weighted by Crippen LogP contribution is 2.20. The molecule has 1 aromatic carbocycles. The molecule has 24 heavy (non-hydrogen) atoms. The molecular formula is C19H27N3O2. The molecule has 1 aliphatic heterocycles. The Hall–Kier alpha value is -2.06. The van der Waals surface area contributed by atoms with Crippen LogP contribution in [0.1, 0.15) is 45.6 Å². The fourth-order valence-electron chi connectivity index (χ4n) is 2.92. The van der Waals surface area contributed by atoms with E-state index in [1.165, 1.54) is 19.3 Å². The molecule has 2 rings (SSSR count). The molecule has 5 nitrogen and oxygen atoms in total. The molecule has 0 unspecified atom stereocenters. The minimum atomic E-state index is -0.574. The topological polar surface area (TPSA) is 65.4 Å². The summed E-state index contributed by atoms with van der Waals surface area (Å²) in [5.74, 6) is 0.469. The van der Waals surface area contributed by atoms with E-state index in [4.69, 9.17) is 10.00 Å². The van der Waals surface area contributed by atoms with E-state index in [9.17, 15) is 4.79 Å². The molecule has 1 aliphatic rings. The summed E-state index contributed by atoms with van der Waals surface area (Å²) in [6.07, 6.45) is 3.19. The molecule has 0 spiro atoms. The van der Waals surface area contributed by atoms with Crippen molar-refractivity contribution < 1.29 is 9.53 Å². The first-order valence-corrected chi connectivity index (χ1v) is 8.62. The standard InChI is InChI=1S/C19H27N3O2/c1-15(24-17-9-7-16(13-20)8-10-17)18(23)21-14-19(2,3)22-11-5-4-6-12-22/h7-10,15H,4-6,11-12,14H2,1-3H3,(H,21,23)/t15-/m0/s1. The van der Waals surface area contributed by atoms with Crippen LogP contribution in [0.4, 0.5) is 0 Å². The largest absolute Gasteiger partial charge is 0.481 e. The summed E-state index contributed by atoms with van der Waals surface area (Å²) in [6, 6.07) is 8.84. The molecule has 5 heteroatoms. The van der Waals surface area contributed by atoms with Crippen molar-refractivity contribution in [3.63, 3.8) is 0 Å². The number of carbonyl (C=O) groups is 1. The van der Waals surface area contributed by atoms with Gasteiger partial charge in [-0.15, -0.1) is 0 Å². The van der Waals surface area contributed by atoms with Gasteiger partial charge in [0, 0.05) is 12.1 Å². The Balaban J connectivity index is 1.83. The number of nitrogens with zero attached hydrogens (tertiary/aromatic N) is 2. The number of benzene rings is 1. The van der Waals surface area contributed by atoms with Crippen molar-refractivity contribution in [1.82, 2.24) is 10.2 Å². The predicted molar refractivity (Wildman–Crippen MR) is 93.8 cm³/mol. The van der Waals surface area contributed by atoms with Gasteiger partial charge in [-0.1, -0.05) is 6.42 Å². The van der Waals surface area contributed by atoms with Gasteiger partial charge in [-0.3, -0.25) is 9.69 Å². The van der Waals surface area contributed by atoms with Crippen LogP contribution in [-0.4, -0.2) is 42.1 Å². The number of amides is 1. The van der Waals surface area contributed by atoms with Gasteiger partial charge in [-0.2, -0.15) is 5.26 Å². The second kappa shape index (κ2) is 8.16. The molecule has 0 aliphatic carbocycles. The third-order valence-corrected chi connectivity index (χ3v) is 4.57. The van der Waals surface area contributed by atoms with Gasteiger partial charge in [0.1, 0.15) is 5.75 Å². The molecule has 1 amide bonds. The maximum absolute atomic E-state index is 12.3. The van der Waals surface area contributed by atoms with E-state index in [0.29, 0.717) is 17.9 Å². The number of nitriles is 1. The lowest BCUT2D eigenvalue weighted by molar-refractivity contribution is -0.127. The van der Waals surface area contributed by atoms with E-state index in [-0.39, 0.29) is 11.4 Å². The molecule has 0 saturated carbocycles. The van der Waals surface area contributed by atoms with Crippen molar-refractivity contribution in [1.29, 1.82) is 5.26 Å². The highest BCUT2D eigenvalue weighted by molar-refractivity contribution is 5.80. The van der Waals surface area contributed by atoms with Crippen LogP contribution in [0.5, 0.6) is 5.75 Å². The second-order valence-electron chi connectivity index (χ2n) is 6.97. The molecule has 0 aromatic heterocycles. The van der Waals surface area contributed by atoms with Crippen molar-refractivity contribution >= 4 is 5.91 Å². The highest BCUT2D eigenvalue weighted by atomic mass is 16.5. The Bertz CT molecular complexity index is 584. The van der Waals surface area contributed by atoms with Gasteiger partial charge in [-0.25, -0.2) is 0 Å². The molecule has 130 valence electrons. The van der Waals surface area contributed by atoms with Crippen LogP contribution in [0.25, 0.3) is 0 Å². The van der Waals surface area contributed by atoms with Crippen molar-refractivity contribution in [2.75, 3.05) is 19.6 Å². The summed E-state index contributed by atoms with van der Waals surface area (Å²) in [4.78, 5) is 14.7. The van der Waals surface area contributed by atoms with Gasteiger partial charge in [0.15, 0.2) is 6.10 Å². The van der Waals surface area contributed by atoms with Crippen LogP contribution in [0.2, 0.25) is 0 Å². The van der Waals surface area contributed by atoms with Gasteiger partial charge in [-0.05, 0) is 71.0 Å². The molecular weight excluding hydrogens is 302 g/mol. The van der Waals surface area contributed by atoms with Gasteiger partial charge in [0.25, 0.3) is 5.91 Å². The number of nitrogens with one attached hydrogen (secondary N) is 1. The van der Waals surface area contributed by atoms with Gasteiger partial charge < -0.3 is 10.1 Å². The lowest BCUT2D eigenvalue weighted by Crippen LogP contribution is -2.54. The number of hydrogen-bond acceptors (Lipinski definition) is 4. The monoisotopic (exact) mass is 329 g/mol. The van der Waals surface area contributed by atoms with Gasteiger partial charge in [0.05, 0.1) is 11.6 Å². The smallest absolute Gasteiger partial charge is 0.260 e. The molecule has 1 saturated heterocycles. The number of ether oxygens (including phenoxy) is 1. The number of carbonyl (C=O) groups excluding carboxylic acids is 1. The zero-order chi connectivity index (χ0) is 17.6. The average Bonchev–Trinajstić information content (AvgIpc) is 2.61. The third-order valence-electron chi connectivity index (χ3n) is 4.57. The average molecular weight is 329 g/mol. The maximum Gasteiger partial charge on any atom is 0.260 e. The molecule has 1 N–H and O–H groups in total. The van der Waals surface area contributed by atoms with E-state index in [1.54, 1.807) is 31.2 Å². The minimum absolute atomic E-state index is 0.0513. The first-order chi connectivity index (χ1) is 11.4. The number of piperidine rings is 1. The summed E-state index contributed by atoms with van der Waals surface area (Å²) in [6.45, 7) is 8.88. The summed E-state index contributed by atoms with van der Waals surface area (Å²) in [7, 11) is 0. The Morgan fingerprint density at radius 2 is 1.92 bits per heavy atom. The summed E-state index contributed by atoms with van der Waals surface area (Å²) in [5, 5.41) is 11.8. The Kier molecular flexibility index (Phi) is 6.22. The molecule has 1 atom stereocenters. The summed E-state index contributed by atoms with van der Waals surface area (Å²) < 4.78 is 5.65. The molecule has 1 heterocycles. The summed E-state index contributed by atoms with van der Waals surface area (Å²) in [5.41, 5.74) is 0.521. The van der Waals surface area contributed by atoms with Gasteiger partial charge >= 0.3 is 0 Å². The first-order valence-electron chi connectivity index (χ1n) is 8.62. The van der Waals surface area contributed by atoms with E-state index in [0.717, 1.165) is 13.1 Å². The van der Waals surface area contributed by atoms with Crippen LogP contribution in [0, 0.1) is 11.3 Å². The molecule has 1 aromatic rings. The van der Waals surface area contributed by atoms with Crippen LogP contribution in [0.15, 0.2) is 24.3 Å². The van der Waals surface area contributed by atoms with E-state index in [1.807, 2.05) is 0 Å². The fraction of sp³-hybridized carbons (Fsp3) is 0.579. The zero-order valence-electron chi connectivity index (χ0n) is 14.8. The number of hydrogen-bond donors (Lipinski definition) is 1. The molecule has 0 radical (unpaired) electrons. The molecule has 1 fully saturated rings. The Labute approximate surface area is 144 Å². The van der Waals surface area contributed by atoms with E-state index < -0.39 is 6.10 Å². The summed E-state index contributed by atoms with van der Waals surface area (Å²) >= 11 is 0. The van der Waals surface area contributed by atoms with Crippen LogP contribution < -0.4 is 10.1 Å². The van der Waals surface area contributed by atoms with Crippen molar-refractivity contribution in [3.8, 4) is 11.8 Å². The Morgan fingerprint density at radius 1 is 1.29 bits per heavy atom. The SMILES string of the molecule is C[C@H](Oc1ccc(C#N)cc1)C(=O)NCC(C)(C)N1CCCCC1. The number of likely N-dealkylation sites (tertiary alicyclic amines) is 1. The van der Waals surface area contributed by atoms with E-state index >= 15 is 0 Å². The van der Waals surface area contributed by atoms with Crippen molar-refractivity contribution in [3.05, 3.63) is 29.8 Å². The molecule has 0 bridgehead atoms. The Morgan fingerprint density at radius 3 is 2.50 bits per heavy atom. The van der Waals surface area contributed by atoms with Crippen molar-refractivity contribution in [2.24, 2.45) is 0 Å². The zero-order valence-corrected chi connectivity index (χ0v) is 14.8. The normalized spacial score (nSPS) is 16.9. The van der Waals surface area contributed by atoms with Gasteiger partial charge in [0.2, 0.25) is 0 Å². The quantitative estimate of drug-likeness (QED) is 0.871. The van der Waals surface area contributed by atoms with Crippen LogP contribution in [-0.2, 0) is 4.79 Å². The van der Waals surface area contributed by atoms with Crippen LogP contribution in [0.3, 0.4) is 0 Å². The van der Waals surface area contributed by atoms with Crippen molar-refractivity contribution in [2.45, 2.75) is 51.7 Å². The number of rotatable bonds is 6. The van der Waals surface area contributed by atoms with E-state index in [2.05, 4.69) is 30.1 Å². The van der Waals surface area contributed by atoms with Crippen LogP contribution >= 0.6 is 0 Å². The fourth-order valence-corrected chi connectivity index (χ4v) is 2.92. The predicted octanol–water partition coefficient (Wildman–Crippen LogP) is 2.71. The minimum Gasteiger partial charge on any atom is -0.481 e. The lowest BCUT2D eigenvalue weighted by Gasteiger charge is -2.41. The first kappa shape index (κ1) is 18.3. The highest BCUT2D eigenvalue weighted by Gasteiger charge is 2.29.